The number of aromatic nitrogens is 2. The first-order chi connectivity index (χ1) is 7.97. The summed E-state index contributed by atoms with van der Waals surface area (Å²) in [5.74, 6) is 0.450. The van der Waals surface area contributed by atoms with Crippen molar-refractivity contribution in [3.8, 4) is 0 Å². The number of fused-ring (bicyclic) bond motifs is 1. The van der Waals surface area contributed by atoms with Crippen LogP contribution in [0.1, 0.15) is 43.0 Å². The molecule has 1 aromatic heterocycles. The number of sulfone groups is 1. The molecule has 2 heterocycles. The van der Waals surface area contributed by atoms with E-state index in [-0.39, 0.29) is 22.3 Å². The van der Waals surface area contributed by atoms with E-state index in [2.05, 4.69) is 4.98 Å². The van der Waals surface area contributed by atoms with E-state index in [9.17, 15) is 13.2 Å². The van der Waals surface area contributed by atoms with E-state index in [1.807, 2.05) is 0 Å². The molecule has 6 heteroatoms. The second kappa shape index (κ2) is 4.25. The van der Waals surface area contributed by atoms with Crippen LogP contribution in [0.4, 0.5) is 0 Å². The van der Waals surface area contributed by atoms with E-state index < -0.39 is 9.84 Å². The maximum Gasteiger partial charge on any atom is 0.195 e. The van der Waals surface area contributed by atoms with E-state index in [0.29, 0.717) is 6.54 Å². The van der Waals surface area contributed by atoms with Crippen LogP contribution in [0.3, 0.4) is 0 Å². The van der Waals surface area contributed by atoms with Crippen molar-refractivity contribution >= 4 is 15.6 Å². The van der Waals surface area contributed by atoms with Gasteiger partial charge in [-0.1, -0.05) is 6.92 Å². The molecular weight excluding hydrogens is 240 g/mol. The standard InChI is InChI=1S/C11H16N2O3S/c1-3-17(15,16)11-10(8(2)14)12-9-6-4-5-7-13(9)11/h3-7H2,1-2H3. The molecule has 2 rings (SSSR count). The van der Waals surface area contributed by atoms with Crippen LogP contribution in [0.2, 0.25) is 0 Å². The summed E-state index contributed by atoms with van der Waals surface area (Å²) in [5.41, 5.74) is 0.115. The summed E-state index contributed by atoms with van der Waals surface area (Å²) in [5, 5.41) is 0.127. The molecule has 0 spiro atoms. The summed E-state index contributed by atoms with van der Waals surface area (Å²) in [7, 11) is -3.39. The third kappa shape index (κ3) is 2.01. The molecule has 0 unspecified atom stereocenters. The summed E-state index contributed by atoms with van der Waals surface area (Å²) in [6.07, 6.45) is 2.69. The number of carbonyl (C=O) groups is 1. The zero-order chi connectivity index (χ0) is 12.6. The van der Waals surface area contributed by atoms with E-state index in [0.717, 1.165) is 25.1 Å². The molecule has 17 heavy (non-hydrogen) atoms. The molecule has 0 aliphatic carbocycles. The van der Waals surface area contributed by atoms with Gasteiger partial charge in [0.05, 0.1) is 5.75 Å². The molecule has 0 N–H and O–H groups in total. The molecule has 0 saturated heterocycles. The molecule has 0 saturated carbocycles. The van der Waals surface area contributed by atoms with Crippen molar-refractivity contribution in [3.05, 3.63) is 11.5 Å². The molecule has 0 amide bonds. The van der Waals surface area contributed by atoms with E-state index in [1.165, 1.54) is 6.92 Å². The van der Waals surface area contributed by atoms with Gasteiger partial charge in [0.2, 0.25) is 0 Å². The maximum atomic E-state index is 12.0. The number of Topliss-reactive ketones (excluding diaryl/α,β-unsaturated/α-hetero) is 1. The van der Waals surface area contributed by atoms with Crippen molar-refractivity contribution in [1.29, 1.82) is 0 Å². The normalized spacial score (nSPS) is 15.6. The number of carbonyl (C=O) groups excluding carboxylic acids is 1. The summed E-state index contributed by atoms with van der Waals surface area (Å²) >= 11 is 0. The minimum atomic E-state index is -3.39. The maximum absolute atomic E-state index is 12.0. The predicted molar refractivity (Wildman–Crippen MR) is 62.9 cm³/mol. The van der Waals surface area contributed by atoms with Crippen LogP contribution in [0, 0.1) is 0 Å². The van der Waals surface area contributed by atoms with Gasteiger partial charge in [0.25, 0.3) is 0 Å². The summed E-state index contributed by atoms with van der Waals surface area (Å²) in [6, 6.07) is 0. The quantitative estimate of drug-likeness (QED) is 0.762. The molecule has 1 aliphatic heterocycles. The Bertz CT molecular complexity index is 558. The molecule has 0 bridgehead atoms. The van der Waals surface area contributed by atoms with E-state index in [4.69, 9.17) is 0 Å². The van der Waals surface area contributed by atoms with E-state index in [1.54, 1.807) is 11.5 Å². The lowest BCUT2D eigenvalue weighted by molar-refractivity contribution is 0.100. The van der Waals surface area contributed by atoms with Gasteiger partial charge in [0.1, 0.15) is 11.5 Å². The Morgan fingerprint density at radius 1 is 1.41 bits per heavy atom. The number of imidazole rings is 1. The van der Waals surface area contributed by atoms with E-state index >= 15 is 0 Å². The Labute approximate surface area is 101 Å². The van der Waals surface area contributed by atoms with Gasteiger partial charge < -0.3 is 4.57 Å². The average Bonchev–Trinajstić information content (AvgIpc) is 2.69. The van der Waals surface area contributed by atoms with Crippen molar-refractivity contribution in [1.82, 2.24) is 9.55 Å². The highest BCUT2D eigenvalue weighted by Gasteiger charge is 2.29. The lowest BCUT2D eigenvalue weighted by Crippen LogP contribution is -2.18. The van der Waals surface area contributed by atoms with Crippen molar-refractivity contribution in [2.75, 3.05) is 5.75 Å². The Hall–Kier alpha value is -1.17. The largest absolute Gasteiger partial charge is 0.318 e. The van der Waals surface area contributed by atoms with Gasteiger partial charge in [0.15, 0.2) is 20.6 Å². The molecule has 5 nitrogen and oxygen atoms in total. The Morgan fingerprint density at radius 2 is 2.12 bits per heavy atom. The number of aryl methyl sites for hydroxylation is 1. The number of hydrogen-bond donors (Lipinski definition) is 0. The van der Waals surface area contributed by atoms with Gasteiger partial charge in [-0.3, -0.25) is 4.79 Å². The molecule has 0 radical (unpaired) electrons. The van der Waals surface area contributed by atoms with Crippen LogP contribution in [-0.2, 0) is 22.8 Å². The summed E-state index contributed by atoms with van der Waals surface area (Å²) in [4.78, 5) is 15.7. The lowest BCUT2D eigenvalue weighted by Gasteiger charge is -2.15. The first kappa shape index (κ1) is 12.3. The molecule has 1 aliphatic rings. The molecule has 1 aromatic rings. The third-order valence-corrected chi connectivity index (χ3v) is 4.80. The van der Waals surface area contributed by atoms with Crippen molar-refractivity contribution in [2.45, 2.75) is 44.7 Å². The van der Waals surface area contributed by atoms with Gasteiger partial charge in [-0.25, -0.2) is 13.4 Å². The third-order valence-electron chi connectivity index (χ3n) is 3.04. The number of ketones is 1. The smallest absolute Gasteiger partial charge is 0.195 e. The minimum absolute atomic E-state index is 0.00157. The summed E-state index contributed by atoms with van der Waals surface area (Å²) in [6.45, 7) is 3.59. The van der Waals surface area contributed by atoms with Crippen LogP contribution in [0.15, 0.2) is 5.03 Å². The zero-order valence-corrected chi connectivity index (χ0v) is 10.9. The average molecular weight is 256 g/mol. The highest BCUT2D eigenvalue weighted by Crippen LogP contribution is 2.24. The number of nitrogens with zero attached hydrogens (tertiary/aromatic N) is 2. The minimum Gasteiger partial charge on any atom is -0.318 e. The SMILES string of the molecule is CCS(=O)(=O)c1c(C(C)=O)nc2n1CCCC2. The highest BCUT2D eigenvalue weighted by molar-refractivity contribution is 7.91. The second-order valence-electron chi connectivity index (χ2n) is 4.25. The molecule has 0 aromatic carbocycles. The Balaban J connectivity index is 2.70. The van der Waals surface area contributed by atoms with Crippen molar-refractivity contribution in [3.63, 3.8) is 0 Å². The molecule has 0 atom stereocenters. The van der Waals surface area contributed by atoms with Crippen molar-refractivity contribution in [2.24, 2.45) is 0 Å². The van der Waals surface area contributed by atoms with Crippen LogP contribution >= 0.6 is 0 Å². The topological polar surface area (TPSA) is 69.0 Å². The van der Waals surface area contributed by atoms with Crippen LogP contribution in [-0.4, -0.2) is 29.5 Å². The zero-order valence-electron chi connectivity index (χ0n) is 10.1. The van der Waals surface area contributed by atoms with Crippen molar-refractivity contribution < 1.29 is 13.2 Å². The second-order valence-corrected chi connectivity index (χ2v) is 6.44. The van der Waals surface area contributed by atoms with Gasteiger partial charge in [0, 0.05) is 19.9 Å². The Kier molecular flexibility index (Phi) is 3.07. The van der Waals surface area contributed by atoms with Gasteiger partial charge >= 0.3 is 0 Å². The fourth-order valence-electron chi connectivity index (χ4n) is 2.14. The van der Waals surface area contributed by atoms with Gasteiger partial charge in [-0.15, -0.1) is 0 Å². The predicted octanol–water partition coefficient (Wildman–Crippen LogP) is 1.22. The van der Waals surface area contributed by atoms with Crippen LogP contribution < -0.4 is 0 Å². The van der Waals surface area contributed by atoms with Gasteiger partial charge in [-0.2, -0.15) is 0 Å². The highest BCUT2D eigenvalue weighted by atomic mass is 32.2. The van der Waals surface area contributed by atoms with Crippen LogP contribution in [0.25, 0.3) is 0 Å². The fourth-order valence-corrected chi connectivity index (χ4v) is 3.43. The molecule has 94 valence electrons. The Morgan fingerprint density at radius 3 is 2.71 bits per heavy atom. The number of hydrogen-bond acceptors (Lipinski definition) is 4. The molecule has 0 fully saturated rings. The van der Waals surface area contributed by atoms with Gasteiger partial charge in [-0.05, 0) is 12.8 Å². The number of rotatable bonds is 3. The monoisotopic (exact) mass is 256 g/mol. The first-order valence-corrected chi connectivity index (χ1v) is 7.45. The summed E-state index contributed by atoms with van der Waals surface area (Å²) < 4.78 is 25.8. The lowest BCUT2D eigenvalue weighted by atomic mass is 10.2. The molecular formula is C11H16N2O3S. The van der Waals surface area contributed by atoms with Crippen LogP contribution in [0.5, 0.6) is 0 Å². The fraction of sp³-hybridized carbons (Fsp3) is 0.636. The first-order valence-electron chi connectivity index (χ1n) is 5.80.